The van der Waals surface area contributed by atoms with Crippen LogP contribution < -0.4 is 0 Å². The van der Waals surface area contributed by atoms with E-state index >= 15 is 0 Å². The fourth-order valence-electron chi connectivity index (χ4n) is 2.07. The lowest BCUT2D eigenvalue weighted by molar-refractivity contribution is 0.0707. The van der Waals surface area contributed by atoms with E-state index in [2.05, 4.69) is 9.68 Å². The zero-order valence-corrected chi connectivity index (χ0v) is 10.3. The van der Waals surface area contributed by atoms with E-state index in [1.807, 2.05) is 6.92 Å². The molecule has 1 aromatic rings. The van der Waals surface area contributed by atoms with Crippen molar-refractivity contribution in [3.63, 3.8) is 0 Å². The summed E-state index contributed by atoms with van der Waals surface area (Å²) in [6.45, 7) is 2.31. The molecule has 0 N–H and O–H groups in total. The van der Waals surface area contributed by atoms with Gasteiger partial charge in [-0.05, 0) is 13.3 Å². The Morgan fingerprint density at radius 1 is 1.65 bits per heavy atom. The number of hydrogen-bond acceptors (Lipinski definition) is 5. The highest BCUT2D eigenvalue weighted by Crippen LogP contribution is 2.19. The van der Waals surface area contributed by atoms with Gasteiger partial charge in [-0.15, -0.1) is 0 Å². The predicted octanol–water partition coefficient (Wildman–Crippen LogP) is 0.324. The van der Waals surface area contributed by atoms with Gasteiger partial charge in [0.05, 0.1) is 23.3 Å². The van der Waals surface area contributed by atoms with Crippen molar-refractivity contribution < 1.29 is 17.7 Å². The van der Waals surface area contributed by atoms with Crippen molar-refractivity contribution in [1.82, 2.24) is 10.1 Å². The fourth-order valence-corrected chi connectivity index (χ4v) is 3.80. The van der Waals surface area contributed by atoms with Gasteiger partial charge in [0.25, 0.3) is 5.91 Å². The van der Waals surface area contributed by atoms with E-state index in [4.69, 9.17) is 0 Å². The number of sulfone groups is 1. The van der Waals surface area contributed by atoms with Crippen LogP contribution in [-0.2, 0) is 9.84 Å². The minimum atomic E-state index is -2.99. The molecule has 1 saturated heterocycles. The molecule has 6 nitrogen and oxygen atoms in total. The Balaban J connectivity index is 2.15. The molecular weight excluding hydrogens is 244 g/mol. The second kappa shape index (κ2) is 4.48. The van der Waals surface area contributed by atoms with Gasteiger partial charge in [-0.3, -0.25) is 4.79 Å². The molecule has 0 aromatic carbocycles. The van der Waals surface area contributed by atoms with Crippen LogP contribution in [0.1, 0.15) is 23.7 Å². The number of carbonyl (C=O) groups is 1. The van der Waals surface area contributed by atoms with E-state index in [9.17, 15) is 13.2 Å². The van der Waals surface area contributed by atoms with Gasteiger partial charge in [-0.25, -0.2) is 8.42 Å². The molecule has 2 heterocycles. The lowest BCUT2D eigenvalue weighted by atomic mass is 10.2. The van der Waals surface area contributed by atoms with Crippen LogP contribution in [0.15, 0.2) is 17.0 Å². The van der Waals surface area contributed by atoms with Crippen molar-refractivity contribution >= 4 is 15.7 Å². The van der Waals surface area contributed by atoms with Gasteiger partial charge in [-0.2, -0.15) is 0 Å². The van der Waals surface area contributed by atoms with Crippen molar-refractivity contribution in [2.45, 2.75) is 19.4 Å². The average Bonchev–Trinajstić information content (AvgIpc) is 2.88. The van der Waals surface area contributed by atoms with Gasteiger partial charge in [0, 0.05) is 12.6 Å². The molecule has 1 aliphatic heterocycles. The molecular formula is C10H14N2O4S. The molecule has 1 unspecified atom stereocenters. The average molecular weight is 258 g/mol. The minimum Gasteiger partial charge on any atom is -0.364 e. The first-order valence-corrected chi connectivity index (χ1v) is 7.26. The van der Waals surface area contributed by atoms with Gasteiger partial charge < -0.3 is 9.42 Å². The quantitative estimate of drug-likeness (QED) is 0.780. The first kappa shape index (κ1) is 12.1. The fraction of sp³-hybridized carbons (Fsp3) is 0.600. The summed E-state index contributed by atoms with van der Waals surface area (Å²) in [6, 6.07) is -0.229. The van der Waals surface area contributed by atoms with Gasteiger partial charge >= 0.3 is 0 Å². The number of rotatable bonds is 3. The maximum atomic E-state index is 12.1. The number of nitrogens with zero attached hydrogens (tertiary/aromatic N) is 2. The Morgan fingerprint density at radius 2 is 2.41 bits per heavy atom. The molecule has 0 saturated carbocycles. The summed E-state index contributed by atoms with van der Waals surface area (Å²) in [5.41, 5.74) is 0.358. The highest BCUT2D eigenvalue weighted by molar-refractivity contribution is 7.91. The first-order valence-electron chi connectivity index (χ1n) is 5.44. The van der Waals surface area contributed by atoms with E-state index in [-0.39, 0.29) is 23.5 Å². The molecule has 17 heavy (non-hydrogen) atoms. The van der Waals surface area contributed by atoms with E-state index in [0.717, 1.165) is 0 Å². The minimum absolute atomic E-state index is 0.0534. The molecule has 1 fully saturated rings. The van der Waals surface area contributed by atoms with E-state index in [0.29, 0.717) is 18.5 Å². The molecule has 7 heteroatoms. The lowest BCUT2D eigenvalue weighted by Crippen LogP contribution is -2.40. The van der Waals surface area contributed by atoms with Gasteiger partial charge in [-0.1, -0.05) is 5.16 Å². The summed E-state index contributed by atoms with van der Waals surface area (Å²) in [5.74, 6) is -0.0148. The largest absolute Gasteiger partial charge is 0.364 e. The molecule has 1 atom stereocenters. The highest BCUT2D eigenvalue weighted by atomic mass is 32.2. The molecule has 1 aliphatic rings. The maximum absolute atomic E-state index is 12.1. The molecule has 2 rings (SSSR count). The topological polar surface area (TPSA) is 80.5 Å². The Bertz CT molecular complexity index is 494. The first-order chi connectivity index (χ1) is 8.03. The molecule has 1 aromatic heterocycles. The molecule has 0 aliphatic carbocycles. The van der Waals surface area contributed by atoms with Crippen LogP contribution in [0.4, 0.5) is 0 Å². The van der Waals surface area contributed by atoms with E-state index in [1.165, 1.54) is 12.5 Å². The SMILES string of the molecule is CCN(C(=O)c1cnoc1)C1CCS(=O)(=O)C1. The van der Waals surface area contributed by atoms with Crippen molar-refractivity contribution in [3.05, 3.63) is 18.0 Å². The normalized spacial score (nSPS) is 22.5. The summed E-state index contributed by atoms with van der Waals surface area (Å²) in [4.78, 5) is 13.6. The standard InChI is InChI=1S/C10H14N2O4S/c1-2-12(9-3-4-17(14,15)7-9)10(13)8-5-11-16-6-8/h5-6,9H,2-4,7H2,1H3. The number of hydrogen-bond donors (Lipinski definition) is 0. The summed E-state index contributed by atoms with van der Waals surface area (Å²) >= 11 is 0. The van der Waals surface area contributed by atoms with Crippen molar-refractivity contribution in [3.8, 4) is 0 Å². The summed E-state index contributed by atoms with van der Waals surface area (Å²) in [7, 11) is -2.99. The third kappa shape index (κ3) is 2.49. The summed E-state index contributed by atoms with van der Waals surface area (Å²) < 4.78 is 27.4. The van der Waals surface area contributed by atoms with Gasteiger partial charge in [0.1, 0.15) is 6.26 Å². The number of aromatic nitrogens is 1. The second-order valence-electron chi connectivity index (χ2n) is 4.06. The summed E-state index contributed by atoms with van der Waals surface area (Å²) in [6.07, 6.45) is 3.12. The second-order valence-corrected chi connectivity index (χ2v) is 6.29. The van der Waals surface area contributed by atoms with Gasteiger partial charge in [0.2, 0.25) is 0 Å². The van der Waals surface area contributed by atoms with Gasteiger partial charge in [0.15, 0.2) is 9.84 Å². The highest BCUT2D eigenvalue weighted by Gasteiger charge is 2.34. The third-order valence-corrected chi connectivity index (χ3v) is 4.68. The van der Waals surface area contributed by atoms with Crippen LogP contribution >= 0.6 is 0 Å². The molecule has 0 bridgehead atoms. The zero-order valence-electron chi connectivity index (χ0n) is 9.50. The van der Waals surface area contributed by atoms with Crippen LogP contribution in [0, 0.1) is 0 Å². The lowest BCUT2D eigenvalue weighted by Gasteiger charge is -2.26. The van der Waals surface area contributed by atoms with Crippen LogP contribution in [-0.4, -0.2) is 48.5 Å². The Morgan fingerprint density at radius 3 is 2.88 bits per heavy atom. The summed E-state index contributed by atoms with van der Waals surface area (Å²) in [5, 5.41) is 3.47. The maximum Gasteiger partial charge on any atom is 0.259 e. The Hall–Kier alpha value is -1.37. The molecule has 1 amide bonds. The molecule has 94 valence electrons. The molecule has 0 spiro atoms. The third-order valence-electron chi connectivity index (χ3n) is 2.93. The van der Waals surface area contributed by atoms with Crippen molar-refractivity contribution in [1.29, 1.82) is 0 Å². The number of carbonyl (C=O) groups excluding carboxylic acids is 1. The van der Waals surface area contributed by atoms with E-state index in [1.54, 1.807) is 4.90 Å². The van der Waals surface area contributed by atoms with Crippen molar-refractivity contribution in [2.24, 2.45) is 0 Å². The smallest absolute Gasteiger partial charge is 0.259 e. The Kier molecular flexibility index (Phi) is 3.19. The predicted molar refractivity (Wildman–Crippen MR) is 60.3 cm³/mol. The van der Waals surface area contributed by atoms with Crippen LogP contribution in [0.25, 0.3) is 0 Å². The molecule has 0 radical (unpaired) electrons. The Labute approximate surface area is 99.5 Å². The van der Waals surface area contributed by atoms with Crippen LogP contribution in [0.3, 0.4) is 0 Å². The monoisotopic (exact) mass is 258 g/mol. The zero-order chi connectivity index (χ0) is 12.5. The van der Waals surface area contributed by atoms with Crippen LogP contribution in [0.5, 0.6) is 0 Å². The van der Waals surface area contributed by atoms with E-state index < -0.39 is 9.84 Å². The van der Waals surface area contributed by atoms with Crippen molar-refractivity contribution in [2.75, 3.05) is 18.1 Å². The van der Waals surface area contributed by atoms with Crippen LogP contribution in [0.2, 0.25) is 0 Å². The number of amides is 1.